The molecule has 1 aromatic heterocycles. The highest BCUT2D eigenvalue weighted by atomic mass is 79.9. The average molecular weight is 334 g/mol. The molecule has 1 heterocycles. The number of aliphatic carboxylic acids is 1. The Balaban J connectivity index is 2.24. The largest absolute Gasteiger partial charge is 0.481 e. The van der Waals surface area contributed by atoms with E-state index in [2.05, 4.69) is 21.2 Å². The molecule has 1 rings (SSSR count). The highest BCUT2D eigenvalue weighted by Crippen LogP contribution is 2.22. The Morgan fingerprint density at radius 1 is 1.50 bits per heavy atom. The number of carboxylic acid groups (broad SMARTS) is 1. The van der Waals surface area contributed by atoms with Gasteiger partial charge in [0.2, 0.25) is 0 Å². The van der Waals surface area contributed by atoms with Crippen molar-refractivity contribution >= 4 is 39.1 Å². The summed E-state index contributed by atoms with van der Waals surface area (Å²) in [5, 5.41) is 13.3. The molecule has 1 aromatic rings. The van der Waals surface area contributed by atoms with Crippen molar-refractivity contribution in [3.05, 3.63) is 20.8 Å². The van der Waals surface area contributed by atoms with Crippen LogP contribution in [0, 0.1) is 5.92 Å². The van der Waals surface area contributed by atoms with Gasteiger partial charge in [0, 0.05) is 17.4 Å². The number of carboxylic acids is 1. The Hall–Kier alpha value is -0.880. The summed E-state index contributed by atoms with van der Waals surface area (Å²) in [5.41, 5.74) is 0. The molecule has 1 atom stereocenters. The zero-order valence-corrected chi connectivity index (χ0v) is 12.5. The minimum Gasteiger partial charge on any atom is -0.481 e. The normalized spacial score (nSPS) is 12.1. The Morgan fingerprint density at radius 3 is 2.78 bits per heavy atom. The molecule has 1 unspecified atom stereocenters. The molecule has 18 heavy (non-hydrogen) atoms. The molecule has 0 bridgehead atoms. The van der Waals surface area contributed by atoms with Crippen molar-refractivity contribution in [2.24, 2.45) is 5.92 Å². The SMILES string of the molecule is CC(CCNC(=O)c1sccc1Br)CCC(=O)O. The van der Waals surface area contributed by atoms with Crippen LogP contribution < -0.4 is 5.32 Å². The van der Waals surface area contributed by atoms with Crippen LogP contribution in [-0.2, 0) is 4.79 Å². The molecule has 0 aliphatic rings. The Morgan fingerprint density at radius 2 is 2.22 bits per heavy atom. The zero-order chi connectivity index (χ0) is 13.5. The van der Waals surface area contributed by atoms with Gasteiger partial charge in [0.25, 0.3) is 5.91 Å². The summed E-state index contributed by atoms with van der Waals surface area (Å²) in [6.45, 7) is 2.57. The first-order valence-corrected chi connectivity index (χ1v) is 7.41. The van der Waals surface area contributed by atoms with Gasteiger partial charge in [-0.05, 0) is 46.1 Å². The van der Waals surface area contributed by atoms with Gasteiger partial charge in [0.05, 0.1) is 0 Å². The summed E-state index contributed by atoms with van der Waals surface area (Å²) < 4.78 is 0.809. The third kappa shape index (κ3) is 5.18. The van der Waals surface area contributed by atoms with Crippen LogP contribution in [0.1, 0.15) is 35.9 Å². The van der Waals surface area contributed by atoms with Gasteiger partial charge >= 0.3 is 5.97 Å². The predicted octanol–water partition coefficient (Wildman–Crippen LogP) is 3.13. The van der Waals surface area contributed by atoms with Crippen LogP contribution in [0.15, 0.2) is 15.9 Å². The first-order valence-electron chi connectivity index (χ1n) is 5.73. The van der Waals surface area contributed by atoms with Gasteiger partial charge in [-0.2, -0.15) is 0 Å². The van der Waals surface area contributed by atoms with Gasteiger partial charge in [-0.1, -0.05) is 6.92 Å². The first kappa shape index (κ1) is 15.2. The van der Waals surface area contributed by atoms with Crippen LogP contribution in [0.5, 0.6) is 0 Å². The lowest BCUT2D eigenvalue weighted by Crippen LogP contribution is -2.25. The monoisotopic (exact) mass is 333 g/mol. The maximum Gasteiger partial charge on any atom is 0.303 e. The van der Waals surface area contributed by atoms with E-state index in [0.29, 0.717) is 23.8 Å². The summed E-state index contributed by atoms with van der Waals surface area (Å²) in [6.07, 6.45) is 1.63. The highest BCUT2D eigenvalue weighted by Gasteiger charge is 2.11. The van der Waals surface area contributed by atoms with Gasteiger partial charge in [0.1, 0.15) is 4.88 Å². The minimum atomic E-state index is -0.770. The van der Waals surface area contributed by atoms with Gasteiger partial charge in [-0.3, -0.25) is 9.59 Å². The molecule has 0 fully saturated rings. The number of halogens is 1. The second kappa shape index (κ2) is 7.53. The van der Waals surface area contributed by atoms with Gasteiger partial charge in [-0.15, -0.1) is 11.3 Å². The van der Waals surface area contributed by atoms with Crippen molar-refractivity contribution in [3.8, 4) is 0 Å². The summed E-state index contributed by atoms with van der Waals surface area (Å²) in [4.78, 5) is 22.8. The molecule has 100 valence electrons. The maximum absolute atomic E-state index is 11.7. The van der Waals surface area contributed by atoms with E-state index in [-0.39, 0.29) is 12.3 Å². The Kier molecular flexibility index (Phi) is 6.35. The number of hydrogen-bond donors (Lipinski definition) is 2. The van der Waals surface area contributed by atoms with Crippen LogP contribution in [0.3, 0.4) is 0 Å². The number of rotatable bonds is 7. The molecule has 0 spiro atoms. The predicted molar refractivity (Wildman–Crippen MR) is 75.0 cm³/mol. The van der Waals surface area contributed by atoms with E-state index in [9.17, 15) is 9.59 Å². The number of carbonyl (C=O) groups excluding carboxylic acids is 1. The molecular weight excluding hydrogens is 318 g/mol. The summed E-state index contributed by atoms with van der Waals surface area (Å²) in [6, 6.07) is 1.84. The lowest BCUT2D eigenvalue weighted by Gasteiger charge is -2.10. The number of carbonyl (C=O) groups is 2. The van der Waals surface area contributed by atoms with Crippen molar-refractivity contribution in [2.75, 3.05) is 6.54 Å². The lowest BCUT2D eigenvalue weighted by molar-refractivity contribution is -0.137. The van der Waals surface area contributed by atoms with Crippen LogP contribution >= 0.6 is 27.3 Å². The smallest absolute Gasteiger partial charge is 0.303 e. The molecule has 0 aliphatic heterocycles. The number of hydrogen-bond acceptors (Lipinski definition) is 3. The van der Waals surface area contributed by atoms with Gasteiger partial charge < -0.3 is 10.4 Å². The number of amides is 1. The molecule has 0 saturated heterocycles. The fourth-order valence-corrected chi connectivity index (χ4v) is 2.95. The van der Waals surface area contributed by atoms with E-state index in [1.165, 1.54) is 11.3 Å². The van der Waals surface area contributed by atoms with Crippen molar-refractivity contribution < 1.29 is 14.7 Å². The Labute approximate surface area is 119 Å². The summed E-state index contributed by atoms with van der Waals surface area (Å²) >= 11 is 4.71. The molecule has 0 saturated carbocycles. The van der Waals surface area contributed by atoms with Crippen molar-refractivity contribution in [1.82, 2.24) is 5.32 Å². The lowest BCUT2D eigenvalue weighted by atomic mass is 10.0. The van der Waals surface area contributed by atoms with Crippen molar-refractivity contribution in [3.63, 3.8) is 0 Å². The molecular formula is C12H16BrNO3S. The van der Waals surface area contributed by atoms with Crippen LogP contribution in [0.25, 0.3) is 0 Å². The van der Waals surface area contributed by atoms with Crippen LogP contribution in [-0.4, -0.2) is 23.5 Å². The van der Waals surface area contributed by atoms with E-state index in [0.717, 1.165) is 10.9 Å². The summed E-state index contributed by atoms with van der Waals surface area (Å²) in [5.74, 6) is -0.552. The van der Waals surface area contributed by atoms with E-state index in [1.54, 1.807) is 0 Å². The third-order valence-corrected chi connectivity index (χ3v) is 4.43. The molecule has 4 nitrogen and oxygen atoms in total. The van der Waals surface area contributed by atoms with Crippen LogP contribution in [0.4, 0.5) is 0 Å². The second-order valence-electron chi connectivity index (χ2n) is 4.18. The Bertz CT molecular complexity index is 419. The van der Waals surface area contributed by atoms with E-state index in [4.69, 9.17) is 5.11 Å². The molecule has 6 heteroatoms. The fourth-order valence-electron chi connectivity index (χ4n) is 1.48. The van der Waals surface area contributed by atoms with E-state index in [1.807, 2.05) is 18.4 Å². The minimum absolute atomic E-state index is 0.0812. The second-order valence-corrected chi connectivity index (χ2v) is 5.95. The zero-order valence-electron chi connectivity index (χ0n) is 10.1. The maximum atomic E-state index is 11.7. The molecule has 0 aliphatic carbocycles. The quantitative estimate of drug-likeness (QED) is 0.805. The average Bonchev–Trinajstić information content (AvgIpc) is 2.72. The molecule has 1 amide bonds. The first-order chi connectivity index (χ1) is 8.50. The fraction of sp³-hybridized carbons (Fsp3) is 0.500. The van der Waals surface area contributed by atoms with Gasteiger partial charge in [-0.25, -0.2) is 0 Å². The molecule has 2 N–H and O–H groups in total. The summed E-state index contributed by atoms with van der Waals surface area (Å²) in [7, 11) is 0. The van der Waals surface area contributed by atoms with E-state index >= 15 is 0 Å². The third-order valence-electron chi connectivity index (χ3n) is 2.60. The number of nitrogens with one attached hydrogen (secondary N) is 1. The van der Waals surface area contributed by atoms with E-state index < -0.39 is 5.97 Å². The topological polar surface area (TPSA) is 66.4 Å². The standard InChI is InChI=1S/C12H16BrNO3S/c1-8(2-3-10(15)16)4-6-14-12(17)11-9(13)5-7-18-11/h5,7-8H,2-4,6H2,1H3,(H,14,17)(H,15,16). The van der Waals surface area contributed by atoms with Gasteiger partial charge in [0.15, 0.2) is 0 Å². The van der Waals surface area contributed by atoms with Crippen LogP contribution in [0.2, 0.25) is 0 Å². The molecule has 0 radical (unpaired) electrons. The highest BCUT2D eigenvalue weighted by molar-refractivity contribution is 9.10. The molecule has 0 aromatic carbocycles. The number of thiophene rings is 1. The van der Waals surface area contributed by atoms with Crippen molar-refractivity contribution in [1.29, 1.82) is 0 Å². The van der Waals surface area contributed by atoms with Crippen molar-refractivity contribution in [2.45, 2.75) is 26.2 Å².